The van der Waals surface area contributed by atoms with Gasteiger partial charge in [-0.25, -0.2) is 9.18 Å². The van der Waals surface area contributed by atoms with E-state index < -0.39 is 52.3 Å². The number of halogens is 7. The first-order valence-electron chi connectivity index (χ1n) is 12.3. The molecule has 1 atom stereocenters. The molecule has 1 fully saturated rings. The normalized spacial score (nSPS) is 16.8. The van der Waals surface area contributed by atoms with Gasteiger partial charge in [0.1, 0.15) is 5.82 Å². The number of benzene rings is 2. The molecule has 41 heavy (non-hydrogen) atoms. The van der Waals surface area contributed by atoms with Gasteiger partial charge in [0.25, 0.3) is 0 Å². The lowest BCUT2D eigenvalue weighted by Crippen LogP contribution is -2.39. The summed E-state index contributed by atoms with van der Waals surface area (Å²) >= 11 is 0. The summed E-state index contributed by atoms with van der Waals surface area (Å²) in [6.45, 7) is 2.61. The first-order valence-corrected chi connectivity index (χ1v) is 12.3. The average molecular weight is 589 g/mol. The smallest absolute Gasteiger partial charge is 0.409 e. The molecule has 0 spiro atoms. The maximum absolute atomic E-state index is 14.0. The van der Waals surface area contributed by atoms with Gasteiger partial charge in [0.05, 0.1) is 17.7 Å². The van der Waals surface area contributed by atoms with Crippen LogP contribution in [-0.4, -0.2) is 49.8 Å². The van der Waals surface area contributed by atoms with Crippen molar-refractivity contribution >= 4 is 29.5 Å². The highest BCUT2D eigenvalue weighted by Crippen LogP contribution is 2.44. The number of carbonyl (C=O) groups excluding carboxylic acids is 2. The molecule has 0 aliphatic carbocycles. The summed E-state index contributed by atoms with van der Waals surface area (Å²) < 4.78 is 101. The molecule has 2 amide bonds. The molecule has 0 saturated carbocycles. The second kappa shape index (κ2) is 12.6. The van der Waals surface area contributed by atoms with Crippen LogP contribution in [0.2, 0.25) is 0 Å². The third-order valence-electron chi connectivity index (χ3n) is 6.39. The van der Waals surface area contributed by atoms with Crippen molar-refractivity contribution in [2.24, 2.45) is 16.6 Å². The molecule has 1 unspecified atom stereocenters. The zero-order valence-corrected chi connectivity index (χ0v) is 22.0. The number of hydrogen-bond donors (Lipinski definition) is 1. The van der Waals surface area contributed by atoms with Crippen LogP contribution >= 0.6 is 0 Å². The van der Waals surface area contributed by atoms with Crippen LogP contribution < -0.4 is 15.4 Å². The molecule has 2 aromatic carbocycles. The zero-order valence-electron chi connectivity index (χ0n) is 22.0. The molecule has 1 saturated heterocycles. The Bertz CT molecular complexity index is 1320. The van der Waals surface area contributed by atoms with Gasteiger partial charge in [-0.15, -0.1) is 0 Å². The van der Waals surface area contributed by atoms with E-state index in [4.69, 9.17) is 10.5 Å². The van der Waals surface area contributed by atoms with Crippen molar-refractivity contribution in [3.8, 4) is 5.75 Å². The van der Waals surface area contributed by atoms with Crippen molar-refractivity contribution < 1.29 is 45.1 Å². The molecule has 2 aromatic rings. The minimum Gasteiger partial charge on any atom is -0.409 e. The third kappa shape index (κ3) is 7.98. The van der Waals surface area contributed by atoms with Crippen LogP contribution in [0.4, 0.5) is 41.2 Å². The van der Waals surface area contributed by atoms with Gasteiger partial charge in [-0.05, 0) is 48.7 Å². The highest BCUT2D eigenvalue weighted by atomic mass is 19.4. The molecule has 3 rings (SSSR count). The molecule has 222 valence electrons. The van der Waals surface area contributed by atoms with Crippen molar-refractivity contribution in [3.05, 3.63) is 65.1 Å². The number of likely N-dealkylation sites (tertiary alicyclic amines) is 1. The number of aliphatic imine (C=N–C) groups is 1. The fraction of sp³-hybridized carbons (Fsp3) is 0.370. The van der Waals surface area contributed by atoms with Crippen molar-refractivity contribution in [1.82, 2.24) is 4.90 Å². The summed E-state index contributed by atoms with van der Waals surface area (Å²) in [5.41, 5.74) is 0.905. The van der Waals surface area contributed by atoms with E-state index in [2.05, 4.69) is 4.99 Å². The highest BCUT2D eigenvalue weighted by molar-refractivity contribution is 6.11. The second-order valence-electron chi connectivity index (χ2n) is 9.44. The van der Waals surface area contributed by atoms with Gasteiger partial charge in [-0.2, -0.15) is 26.3 Å². The molecule has 1 aliphatic rings. The molecule has 1 heterocycles. The van der Waals surface area contributed by atoms with Gasteiger partial charge in [-0.3, -0.25) is 14.7 Å². The number of hydrogen-bond acceptors (Lipinski definition) is 5. The Kier molecular flexibility index (Phi) is 9.66. The molecule has 0 aromatic heterocycles. The first-order chi connectivity index (χ1) is 19.1. The number of piperidine rings is 1. The van der Waals surface area contributed by atoms with Gasteiger partial charge in [0.15, 0.2) is 5.75 Å². The Morgan fingerprint density at radius 3 is 2.37 bits per heavy atom. The maximum Gasteiger partial charge on any atom is 0.420 e. The second-order valence-corrected chi connectivity index (χ2v) is 9.44. The highest BCUT2D eigenvalue weighted by Gasteiger charge is 2.41. The minimum atomic E-state index is -5.37. The number of anilines is 1. The number of ether oxygens (including phenoxy) is 1. The molecule has 7 nitrogen and oxygen atoms in total. The summed E-state index contributed by atoms with van der Waals surface area (Å²) in [5.74, 6) is -1.72. The first kappa shape index (κ1) is 31.4. The van der Waals surface area contributed by atoms with Crippen LogP contribution in [0.3, 0.4) is 0 Å². The van der Waals surface area contributed by atoms with Crippen LogP contribution in [-0.2, 0) is 17.1 Å². The predicted octanol–water partition coefficient (Wildman–Crippen LogP) is 6.13. The van der Waals surface area contributed by atoms with Gasteiger partial charge >= 0.3 is 18.4 Å². The molecule has 0 bridgehead atoms. The lowest BCUT2D eigenvalue weighted by Gasteiger charge is -2.29. The minimum absolute atomic E-state index is 0.00895. The summed E-state index contributed by atoms with van der Waals surface area (Å²) in [6.07, 6.45) is -9.12. The summed E-state index contributed by atoms with van der Waals surface area (Å²) in [6, 6.07) is 4.50. The van der Waals surface area contributed by atoms with E-state index in [-0.39, 0.29) is 36.7 Å². The Morgan fingerprint density at radius 1 is 1.15 bits per heavy atom. The third-order valence-corrected chi connectivity index (χ3v) is 6.39. The lowest BCUT2D eigenvalue weighted by atomic mass is 9.98. The van der Waals surface area contributed by atoms with Crippen LogP contribution in [0.15, 0.2) is 47.6 Å². The predicted molar refractivity (Wildman–Crippen MR) is 138 cm³/mol. The van der Waals surface area contributed by atoms with E-state index in [9.17, 15) is 40.3 Å². The van der Waals surface area contributed by atoms with E-state index >= 15 is 0 Å². The van der Waals surface area contributed by atoms with E-state index in [1.165, 1.54) is 0 Å². The Balaban J connectivity index is 1.99. The molecule has 2 N–H and O–H groups in total. The Labute approximate surface area is 231 Å². The quantitative estimate of drug-likeness (QED) is 0.312. The van der Waals surface area contributed by atoms with Gasteiger partial charge in [0, 0.05) is 55.8 Å². The number of nitrogens with zero attached hydrogens (tertiary/aromatic N) is 3. The largest absolute Gasteiger partial charge is 0.420 e. The van der Waals surface area contributed by atoms with E-state index in [0.717, 1.165) is 55.0 Å². The molecule has 14 heteroatoms. The molecular weight excluding hydrogens is 561 g/mol. The van der Waals surface area contributed by atoms with Gasteiger partial charge < -0.3 is 15.4 Å². The Morgan fingerprint density at radius 2 is 1.80 bits per heavy atom. The van der Waals surface area contributed by atoms with Gasteiger partial charge in [-0.1, -0.05) is 6.92 Å². The molecular formula is C27H27F7N4O3. The fourth-order valence-corrected chi connectivity index (χ4v) is 4.06. The van der Waals surface area contributed by atoms with Crippen LogP contribution in [0.1, 0.15) is 36.5 Å². The van der Waals surface area contributed by atoms with Crippen molar-refractivity contribution in [1.29, 1.82) is 0 Å². The van der Waals surface area contributed by atoms with Crippen LogP contribution in [0.25, 0.3) is 5.57 Å². The van der Waals surface area contributed by atoms with Crippen molar-refractivity contribution in [3.63, 3.8) is 0 Å². The number of amides is 2. The van der Waals surface area contributed by atoms with E-state index in [1.807, 2.05) is 6.92 Å². The van der Waals surface area contributed by atoms with E-state index in [1.54, 1.807) is 4.90 Å². The SMILES string of the molecule is CC1CCN(CCN=C/C(=C\N)c2cc(C(F)(F)F)cc(C(F)(F)F)c2OC(=O)N(C)c2ccc(F)cc2)C(=O)C1. The number of rotatable bonds is 7. The number of nitrogens with two attached hydrogens (primary N) is 1. The maximum atomic E-state index is 14.0. The molecule has 1 aliphatic heterocycles. The standard InChI is InChI=1S/C27H27F7N4O3/c1-16-7-9-38(23(39)11-16)10-8-36-15-17(14-35)21-12-18(26(29,30)31)13-22(27(32,33)34)24(21)41-25(40)37(2)20-5-3-19(28)4-6-20/h3-6,12-16H,7-11,35H2,1-2H3/b17-14+,36-15?. The number of allylic oxidation sites excluding steroid dienone is 1. The Hall–Kier alpha value is -4.10. The summed E-state index contributed by atoms with van der Waals surface area (Å²) in [4.78, 5) is 31.3. The lowest BCUT2D eigenvalue weighted by molar-refractivity contribution is -0.143. The van der Waals surface area contributed by atoms with Crippen LogP contribution in [0, 0.1) is 11.7 Å². The van der Waals surface area contributed by atoms with E-state index in [0.29, 0.717) is 19.0 Å². The molecule has 0 radical (unpaired) electrons. The summed E-state index contributed by atoms with van der Waals surface area (Å²) in [7, 11) is 1.12. The fourth-order valence-electron chi connectivity index (χ4n) is 4.06. The topological polar surface area (TPSA) is 88.2 Å². The van der Waals surface area contributed by atoms with Crippen molar-refractivity contribution in [2.45, 2.75) is 32.1 Å². The zero-order chi connectivity index (χ0) is 30.5. The number of alkyl halides is 6. The van der Waals surface area contributed by atoms with Gasteiger partial charge in [0.2, 0.25) is 5.91 Å². The summed E-state index contributed by atoms with van der Waals surface area (Å²) in [5, 5.41) is 0. The number of carbonyl (C=O) groups is 2. The average Bonchev–Trinajstić information content (AvgIpc) is 2.88. The van der Waals surface area contributed by atoms with Crippen molar-refractivity contribution in [2.75, 3.05) is 31.6 Å². The monoisotopic (exact) mass is 588 g/mol. The van der Waals surface area contributed by atoms with Crippen LogP contribution in [0.5, 0.6) is 5.75 Å².